The highest BCUT2D eigenvalue weighted by molar-refractivity contribution is 5.81. The van der Waals surface area contributed by atoms with E-state index in [9.17, 15) is 4.79 Å². The summed E-state index contributed by atoms with van der Waals surface area (Å²) < 4.78 is 1.69. The number of carbonyl (C=O) groups excluding carboxylic acids is 1. The van der Waals surface area contributed by atoms with E-state index in [2.05, 4.69) is 192 Å². The van der Waals surface area contributed by atoms with Crippen LogP contribution in [0.15, 0.2) is 67.5 Å². The third-order valence-electron chi connectivity index (χ3n) is 12.1. The fourth-order valence-electron chi connectivity index (χ4n) is 7.52. The SMILES string of the molecule is CC(C)C.CC(C)C.CC(C)C.CN(C)c1cc(C(C)(C)C)ccn1.CN(C)c1cc(C(C)(C)C)ccn1.CN(C)c1ncc2c(n1)CCNC2.CN1CCNCC1.Cc1ncc2n1C(=O)N(C(C)(C)C)C2.c1cc2c(cn1)CNCC2. The maximum absolute atomic E-state index is 12.0. The number of likely N-dealkylation sites (N-methyl/N-ethyl adjacent to an activating group) is 1. The van der Waals surface area contributed by atoms with E-state index in [1.807, 2.05) is 121 Å². The summed E-state index contributed by atoms with van der Waals surface area (Å²) in [5, 5.41) is 9.87. The van der Waals surface area contributed by atoms with Crippen LogP contribution in [0.5, 0.6) is 0 Å². The molecule has 0 atom stereocenters. The first-order chi connectivity index (χ1) is 38.1. The number of carbonyl (C=O) groups is 1. The fraction of sp³-hybridized carbons (Fsp3) is 0.652. The van der Waals surface area contributed by atoms with Gasteiger partial charge in [0.2, 0.25) is 5.95 Å². The van der Waals surface area contributed by atoms with Crippen molar-refractivity contribution < 1.29 is 4.79 Å². The van der Waals surface area contributed by atoms with Crippen molar-refractivity contribution >= 4 is 23.6 Å². The second-order valence-corrected chi connectivity index (χ2v) is 27.0. The van der Waals surface area contributed by atoms with Gasteiger partial charge in [0.1, 0.15) is 17.5 Å². The van der Waals surface area contributed by atoms with Gasteiger partial charge in [0.25, 0.3) is 0 Å². The van der Waals surface area contributed by atoms with Gasteiger partial charge in [-0.3, -0.25) is 9.55 Å². The average Bonchev–Trinajstić information content (AvgIpc) is 4.18. The zero-order chi connectivity index (χ0) is 62.5. The Kier molecular flexibility index (Phi) is 33.5. The number of amides is 1. The van der Waals surface area contributed by atoms with Gasteiger partial charge in [0.15, 0.2) is 0 Å². The lowest BCUT2D eigenvalue weighted by Crippen LogP contribution is -2.42. The Bertz CT molecular complexity index is 2410. The molecule has 4 aliphatic rings. The van der Waals surface area contributed by atoms with Crippen LogP contribution in [0.4, 0.5) is 22.4 Å². The third-order valence-corrected chi connectivity index (χ3v) is 12.1. The van der Waals surface area contributed by atoms with Gasteiger partial charge in [-0.25, -0.2) is 29.7 Å². The molecule has 0 radical (unpaired) electrons. The molecule has 0 unspecified atom stereocenters. The number of nitrogens with zero attached hydrogens (tertiary/aromatic N) is 12. The molecule has 5 aromatic heterocycles. The summed E-state index contributed by atoms with van der Waals surface area (Å²) in [5.41, 5.74) is 9.15. The number of hydrogen-bond acceptors (Lipinski definition) is 14. The summed E-state index contributed by atoms with van der Waals surface area (Å²) in [6, 6.07) is 10.6. The van der Waals surface area contributed by atoms with Gasteiger partial charge in [-0.05, 0) is 129 Å². The van der Waals surface area contributed by atoms with Crippen LogP contribution in [0.3, 0.4) is 0 Å². The zero-order valence-corrected chi connectivity index (χ0v) is 56.6. The Morgan fingerprint density at radius 1 is 0.549 bits per heavy atom. The van der Waals surface area contributed by atoms with Crippen LogP contribution in [0.25, 0.3) is 0 Å². The summed E-state index contributed by atoms with van der Waals surface area (Å²) in [7, 11) is 14.1. The molecule has 0 saturated carbocycles. The molecule has 0 spiro atoms. The number of nitrogens with one attached hydrogen (secondary N) is 3. The van der Waals surface area contributed by atoms with Crippen molar-refractivity contribution in [2.45, 2.75) is 180 Å². The number of rotatable bonds is 3. The van der Waals surface area contributed by atoms with Crippen molar-refractivity contribution in [3.05, 3.63) is 113 Å². The Morgan fingerprint density at radius 3 is 1.43 bits per heavy atom. The standard InChI is InChI=1S/2C11H18N2.C10H15N3O.C9H14N4.C8H10N2.C5H12N2.3C4H10/c2*1-11(2,3)9-6-7-12-10(8-9)13(4)5;1-7-11-5-8-6-12(10(2,3)4)9(14)13(7)8;1-13(2)9-11-6-7-5-10-4-3-8(7)12-9;1-3-9-5-8-6-10-4-2-7(1)8;1-7-4-2-6-3-5-7;3*1-4(2)3/h2*6-8H,1-5H3;5H,6H2,1-4H3;6,10H,3-5H2,1-2H3;1,3,5,10H,2,4,6H2;6H,2-5H2,1H3;3*4H,1-3H3. The molecule has 1 fully saturated rings. The quantitative estimate of drug-likeness (QED) is 0.157. The zero-order valence-electron chi connectivity index (χ0n) is 56.6. The van der Waals surface area contributed by atoms with Crippen LogP contribution < -0.4 is 30.7 Å². The van der Waals surface area contributed by atoms with E-state index >= 15 is 0 Å². The Labute approximate surface area is 500 Å². The van der Waals surface area contributed by atoms with Crippen molar-refractivity contribution in [1.82, 2.24) is 60.2 Å². The van der Waals surface area contributed by atoms with E-state index in [4.69, 9.17) is 0 Å². The molecule has 0 aromatic carbocycles. The van der Waals surface area contributed by atoms with E-state index in [0.29, 0.717) is 6.54 Å². The van der Waals surface area contributed by atoms with Gasteiger partial charge in [-0.2, -0.15) is 0 Å². The average molecular weight is 1140 g/mol. The highest BCUT2D eigenvalue weighted by Gasteiger charge is 2.35. The lowest BCUT2D eigenvalue weighted by molar-refractivity contribution is 0.156. The normalized spacial score (nSPS) is 14.3. The van der Waals surface area contributed by atoms with Crippen LogP contribution in [-0.4, -0.2) is 144 Å². The lowest BCUT2D eigenvalue weighted by atomic mass is 9.88. The number of pyridine rings is 3. The summed E-state index contributed by atoms with van der Waals surface area (Å²) >= 11 is 0. The number of fused-ring (bicyclic) bond motifs is 3. The monoisotopic (exact) mass is 1140 g/mol. The Hall–Kier alpha value is -5.55. The minimum absolute atomic E-state index is 0.0440. The molecule has 9 rings (SSSR count). The van der Waals surface area contributed by atoms with Gasteiger partial charge < -0.3 is 40.4 Å². The summed E-state index contributed by atoms with van der Waals surface area (Å²) in [4.78, 5) is 47.6. The second kappa shape index (κ2) is 36.9. The van der Waals surface area contributed by atoms with E-state index in [1.54, 1.807) is 10.8 Å². The Balaban J connectivity index is 0.000000476. The van der Waals surface area contributed by atoms with Gasteiger partial charge >= 0.3 is 6.03 Å². The van der Waals surface area contributed by atoms with E-state index < -0.39 is 0 Å². The van der Waals surface area contributed by atoms with Crippen molar-refractivity contribution in [3.63, 3.8) is 0 Å². The topological polar surface area (TPSA) is 152 Å². The van der Waals surface area contributed by atoms with Crippen LogP contribution in [-0.2, 0) is 43.3 Å². The molecule has 82 heavy (non-hydrogen) atoms. The molecule has 0 aliphatic carbocycles. The maximum atomic E-state index is 12.0. The van der Waals surface area contributed by atoms with Crippen LogP contribution in [0.2, 0.25) is 0 Å². The molecule has 1 amide bonds. The molecule has 4 aliphatic heterocycles. The predicted molar refractivity (Wildman–Crippen MR) is 351 cm³/mol. The van der Waals surface area contributed by atoms with E-state index in [1.165, 1.54) is 46.6 Å². The van der Waals surface area contributed by atoms with Crippen LogP contribution >= 0.6 is 0 Å². The number of aromatic nitrogens is 7. The largest absolute Gasteiger partial charge is 0.363 e. The highest BCUT2D eigenvalue weighted by atomic mass is 16.2. The number of piperazine rings is 1. The first-order valence-electron chi connectivity index (χ1n) is 29.9. The minimum atomic E-state index is -0.122. The molecule has 0 bridgehead atoms. The second-order valence-electron chi connectivity index (χ2n) is 27.0. The molecule has 3 N–H and O–H groups in total. The van der Waals surface area contributed by atoms with Crippen molar-refractivity contribution in [1.29, 1.82) is 0 Å². The maximum Gasteiger partial charge on any atom is 0.330 e. The van der Waals surface area contributed by atoms with Crippen LogP contribution in [0.1, 0.15) is 170 Å². The molecular weight excluding hydrogens is 1020 g/mol. The minimum Gasteiger partial charge on any atom is -0.363 e. The third kappa shape index (κ3) is 30.1. The highest BCUT2D eigenvalue weighted by Crippen LogP contribution is 2.27. The summed E-state index contributed by atoms with van der Waals surface area (Å²) in [5.74, 6) is 6.12. The molecular formula is C66H117N15O. The first kappa shape index (κ1) is 74.5. The van der Waals surface area contributed by atoms with Gasteiger partial charge in [-0.15, -0.1) is 0 Å². The van der Waals surface area contributed by atoms with E-state index in [-0.39, 0.29) is 22.4 Å². The molecule has 16 heteroatoms. The number of aryl methyl sites for hydroxylation is 1. The van der Waals surface area contributed by atoms with Gasteiger partial charge in [0.05, 0.1) is 24.1 Å². The number of imidazole rings is 1. The predicted octanol–water partition coefficient (Wildman–Crippen LogP) is 12.1. The molecule has 462 valence electrons. The van der Waals surface area contributed by atoms with Crippen LogP contribution in [0, 0.1) is 24.7 Å². The first-order valence-corrected chi connectivity index (χ1v) is 29.9. The van der Waals surface area contributed by atoms with Gasteiger partial charge in [0, 0.05) is 137 Å². The van der Waals surface area contributed by atoms with Crippen molar-refractivity contribution in [3.8, 4) is 0 Å². The molecule has 9 heterocycles. The lowest BCUT2D eigenvalue weighted by Gasteiger charge is -2.30. The van der Waals surface area contributed by atoms with Crippen molar-refractivity contribution in [2.75, 3.05) is 103 Å². The van der Waals surface area contributed by atoms with E-state index in [0.717, 1.165) is 99.0 Å². The smallest absolute Gasteiger partial charge is 0.330 e. The number of hydrogen-bond donors (Lipinski definition) is 3. The summed E-state index contributed by atoms with van der Waals surface area (Å²) in [6.07, 6.45) is 13.4. The molecule has 1 saturated heterocycles. The molecule has 5 aromatic rings. The summed E-state index contributed by atoms with van der Waals surface area (Å²) in [6.45, 7) is 50.2. The Morgan fingerprint density at radius 2 is 1.02 bits per heavy atom. The molecule has 16 nitrogen and oxygen atoms in total. The van der Waals surface area contributed by atoms with Crippen molar-refractivity contribution in [2.24, 2.45) is 17.8 Å². The van der Waals surface area contributed by atoms with Gasteiger partial charge in [-0.1, -0.05) is 104 Å². The number of anilines is 3. The fourth-order valence-corrected chi connectivity index (χ4v) is 7.52.